The maximum absolute atomic E-state index is 13.3. The number of amides is 1. The van der Waals surface area contributed by atoms with Crippen LogP contribution in [0.15, 0.2) is 12.2 Å². The molecule has 0 aromatic carbocycles. The lowest BCUT2D eigenvalue weighted by molar-refractivity contribution is -0.155. The molecule has 0 aromatic rings. The third kappa shape index (κ3) is 17.3. The van der Waals surface area contributed by atoms with E-state index in [1.807, 2.05) is 26.8 Å². The number of hydrogen-bond acceptors (Lipinski definition) is 9. The average molecular weight is 610 g/mol. The van der Waals surface area contributed by atoms with E-state index in [-0.39, 0.29) is 47.9 Å². The zero-order chi connectivity index (χ0) is 33.1. The molecule has 10 heteroatoms. The summed E-state index contributed by atoms with van der Waals surface area (Å²) in [4.78, 5) is 63.7. The van der Waals surface area contributed by atoms with Crippen LogP contribution >= 0.6 is 0 Å². The van der Waals surface area contributed by atoms with Gasteiger partial charge in [0.25, 0.3) is 0 Å². The van der Waals surface area contributed by atoms with Crippen molar-refractivity contribution in [2.45, 2.75) is 124 Å². The van der Waals surface area contributed by atoms with Gasteiger partial charge >= 0.3 is 11.9 Å². The lowest BCUT2D eigenvalue weighted by atomic mass is 9.89. The molecule has 0 aliphatic carbocycles. The van der Waals surface area contributed by atoms with Crippen LogP contribution in [0.25, 0.3) is 0 Å². The number of hydrogen-bond donors (Lipinski definition) is 2. The minimum atomic E-state index is -0.623. The molecule has 0 fully saturated rings. The molecule has 0 bridgehead atoms. The third-order valence-electron chi connectivity index (χ3n) is 7.40. The molecular weight excluding hydrogens is 550 g/mol. The van der Waals surface area contributed by atoms with Gasteiger partial charge in [0.1, 0.15) is 18.8 Å². The van der Waals surface area contributed by atoms with Gasteiger partial charge in [-0.15, -0.1) is 0 Å². The fraction of sp³-hybridized carbons (Fsp3) is 0.788. The van der Waals surface area contributed by atoms with Crippen molar-refractivity contribution in [2.24, 2.45) is 17.8 Å². The Hall–Kier alpha value is -2.59. The fourth-order valence-corrected chi connectivity index (χ4v) is 5.08. The smallest absolute Gasteiger partial charge is 0.302 e. The molecule has 0 aliphatic heterocycles. The lowest BCUT2D eigenvalue weighted by Crippen LogP contribution is -2.51. The van der Waals surface area contributed by atoms with E-state index in [1.165, 1.54) is 13.8 Å². The van der Waals surface area contributed by atoms with Gasteiger partial charge in [-0.1, -0.05) is 59.6 Å². The first-order valence-corrected chi connectivity index (χ1v) is 15.8. The number of likely N-dealkylation sites (N-methyl/N-ethyl adjacent to an activating group) is 2. The number of rotatable bonds is 23. The van der Waals surface area contributed by atoms with Crippen LogP contribution in [0.3, 0.4) is 0 Å². The van der Waals surface area contributed by atoms with E-state index in [1.54, 1.807) is 32.1 Å². The number of ether oxygens (including phenoxy) is 2. The highest BCUT2D eigenvalue weighted by Crippen LogP contribution is 2.22. The van der Waals surface area contributed by atoms with Crippen molar-refractivity contribution in [3.63, 3.8) is 0 Å². The van der Waals surface area contributed by atoms with Gasteiger partial charge < -0.3 is 20.1 Å². The Balaban J connectivity index is 4.95. The quantitative estimate of drug-likeness (QED) is 0.0992. The predicted molar refractivity (Wildman–Crippen MR) is 169 cm³/mol. The summed E-state index contributed by atoms with van der Waals surface area (Å²) < 4.78 is 10.5. The summed E-state index contributed by atoms with van der Waals surface area (Å²) in [5.74, 6) is -0.691. The summed E-state index contributed by atoms with van der Waals surface area (Å²) in [6, 6.07) is -1.44. The number of allylic oxidation sites excluding steroid dienone is 1. The van der Waals surface area contributed by atoms with Gasteiger partial charge in [0.05, 0.1) is 12.1 Å². The van der Waals surface area contributed by atoms with Crippen molar-refractivity contribution >= 4 is 29.4 Å². The normalized spacial score (nSPS) is 15.3. The van der Waals surface area contributed by atoms with E-state index in [0.717, 1.165) is 12.8 Å². The van der Waals surface area contributed by atoms with Crippen molar-refractivity contribution in [2.75, 3.05) is 27.7 Å². The fourth-order valence-electron chi connectivity index (χ4n) is 5.08. The van der Waals surface area contributed by atoms with E-state index in [9.17, 15) is 24.0 Å². The highest BCUT2D eigenvalue weighted by Gasteiger charge is 2.35. The van der Waals surface area contributed by atoms with Gasteiger partial charge in [0.2, 0.25) is 5.91 Å². The molecule has 0 saturated carbocycles. The van der Waals surface area contributed by atoms with Crippen LogP contribution in [0, 0.1) is 17.8 Å². The molecule has 43 heavy (non-hydrogen) atoms. The Morgan fingerprint density at radius 3 is 1.86 bits per heavy atom. The molecule has 248 valence electrons. The van der Waals surface area contributed by atoms with E-state index < -0.39 is 24.2 Å². The van der Waals surface area contributed by atoms with E-state index in [2.05, 4.69) is 24.5 Å². The number of unbranched alkanes of at least 4 members (excludes halogenated alkanes) is 3. The van der Waals surface area contributed by atoms with Gasteiger partial charge in [-0.05, 0) is 64.6 Å². The summed E-state index contributed by atoms with van der Waals surface area (Å²) in [5.41, 5.74) is 0. The van der Waals surface area contributed by atoms with Crippen molar-refractivity contribution in [1.29, 1.82) is 0 Å². The van der Waals surface area contributed by atoms with Crippen LogP contribution in [0.5, 0.6) is 0 Å². The predicted octanol–water partition coefficient (Wildman–Crippen LogP) is 4.25. The van der Waals surface area contributed by atoms with Crippen molar-refractivity contribution in [3.05, 3.63) is 12.2 Å². The first kappa shape index (κ1) is 40.4. The SMILES string of the molecule is CNC(CC(C)C)C(=O)NC(C(=O)CCCCCCC(=O)C(C(OC(C)=O)C(C)CC=CCOC(C)=O)N(C)C)C(C)C. The molecule has 0 spiro atoms. The summed E-state index contributed by atoms with van der Waals surface area (Å²) in [6.07, 6.45) is 7.91. The van der Waals surface area contributed by atoms with Crippen LogP contribution in [0.2, 0.25) is 0 Å². The second-order valence-corrected chi connectivity index (χ2v) is 12.5. The van der Waals surface area contributed by atoms with E-state index in [4.69, 9.17) is 9.47 Å². The second-order valence-electron chi connectivity index (χ2n) is 12.5. The van der Waals surface area contributed by atoms with Gasteiger partial charge in [0.15, 0.2) is 11.6 Å². The van der Waals surface area contributed by atoms with Crippen LogP contribution in [0.1, 0.15) is 99.8 Å². The first-order valence-electron chi connectivity index (χ1n) is 15.8. The lowest BCUT2D eigenvalue weighted by Gasteiger charge is -2.34. The molecule has 10 nitrogen and oxygen atoms in total. The molecule has 2 N–H and O–H groups in total. The minimum absolute atomic E-state index is 0.00568. The van der Waals surface area contributed by atoms with Gasteiger partial charge in [-0.2, -0.15) is 0 Å². The highest BCUT2D eigenvalue weighted by atomic mass is 16.5. The summed E-state index contributed by atoms with van der Waals surface area (Å²) in [7, 11) is 5.37. The number of carbonyl (C=O) groups is 5. The third-order valence-corrected chi connectivity index (χ3v) is 7.40. The molecule has 0 aliphatic rings. The Kier molecular flexibility index (Phi) is 20.7. The summed E-state index contributed by atoms with van der Waals surface area (Å²) in [5, 5.41) is 6.01. The first-order chi connectivity index (χ1) is 20.1. The van der Waals surface area contributed by atoms with E-state index in [0.29, 0.717) is 44.4 Å². The molecule has 0 radical (unpaired) electrons. The van der Waals surface area contributed by atoms with Crippen molar-refractivity contribution in [3.8, 4) is 0 Å². The van der Waals surface area contributed by atoms with Gasteiger partial charge in [-0.25, -0.2) is 0 Å². The number of nitrogens with one attached hydrogen (secondary N) is 2. The topological polar surface area (TPSA) is 131 Å². The Labute approximate surface area is 260 Å². The maximum atomic E-state index is 13.3. The average Bonchev–Trinajstić information content (AvgIpc) is 2.90. The Morgan fingerprint density at radius 2 is 1.40 bits per heavy atom. The Bertz CT molecular complexity index is 901. The number of nitrogens with zero attached hydrogens (tertiary/aromatic N) is 1. The second kappa shape index (κ2) is 22.0. The maximum Gasteiger partial charge on any atom is 0.302 e. The number of esters is 2. The van der Waals surface area contributed by atoms with Crippen LogP contribution in [-0.4, -0.2) is 86.3 Å². The van der Waals surface area contributed by atoms with Crippen molar-refractivity contribution in [1.82, 2.24) is 15.5 Å². The molecular formula is C33H59N3O7. The van der Waals surface area contributed by atoms with Crippen molar-refractivity contribution < 1.29 is 33.4 Å². The molecule has 0 heterocycles. The zero-order valence-electron chi connectivity index (χ0n) is 28.4. The largest absolute Gasteiger partial charge is 0.462 e. The highest BCUT2D eigenvalue weighted by molar-refractivity contribution is 5.91. The Morgan fingerprint density at radius 1 is 0.814 bits per heavy atom. The molecule has 0 aromatic heterocycles. The molecule has 5 atom stereocenters. The van der Waals surface area contributed by atoms with Crippen LogP contribution in [-0.2, 0) is 33.4 Å². The number of Topliss-reactive ketones (excluding diaryl/α,β-unsaturated/α-hetero) is 2. The molecule has 0 saturated heterocycles. The van der Waals surface area contributed by atoms with Crippen LogP contribution in [0.4, 0.5) is 0 Å². The van der Waals surface area contributed by atoms with E-state index >= 15 is 0 Å². The standard InChI is InChI=1S/C33H59N3O7/c1-22(2)21-27(34-8)33(41)35-30(23(3)4)28(39)18-13-11-12-14-19-29(40)31(36(9)10)32(43-26(7)38)24(5)17-15-16-20-42-25(6)37/h15-16,22-24,27,30-32,34H,11-14,17-21H2,1-10H3,(H,35,41). The van der Waals surface area contributed by atoms with Gasteiger partial charge in [0, 0.05) is 26.7 Å². The number of carbonyl (C=O) groups excluding carboxylic acids is 5. The zero-order valence-corrected chi connectivity index (χ0v) is 28.4. The molecule has 0 rings (SSSR count). The monoisotopic (exact) mass is 609 g/mol. The summed E-state index contributed by atoms with van der Waals surface area (Å²) >= 11 is 0. The minimum Gasteiger partial charge on any atom is -0.462 e. The number of ketones is 2. The molecule has 5 unspecified atom stereocenters. The van der Waals surface area contributed by atoms with Gasteiger partial charge in [-0.3, -0.25) is 28.9 Å². The summed E-state index contributed by atoms with van der Waals surface area (Å²) in [6.45, 7) is 12.8. The molecule has 1 amide bonds. The van der Waals surface area contributed by atoms with Crippen LogP contribution < -0.4 is 10.6 Å².